The molecular formula is C18H14BrNO3. The van der Waals surface area contributed by atoms with Crippen molar-refractivity contribution in [3.05, 3.63) is 58.1 Å². The largest absolute Gasteiger partial charge is 0.497 e. The zero-order valence-corrected chi connectivity index (χ0v) is 14.2. The van der Waals surface area contributed by atoms with Crippen LogP contribution in [0.3, 0.4) is 0 Å². The number of pyridine rings is 1. The van der Waals surface area contributed by atoms with E-state index in [1.807, 2.05) is 36.4 Å². The lowest BCUT2D eigenvalue weighted by Crippen LogP contribution is -2.05. The van der Waals surface area contributed by atoms with E-state index in [0.717, 1.165) is 10.0 Å². The lowest BCUT2D eigenvalue weighted by atomic mass is 9.98. The van der Waals surface area contributed by atoms with Crippen molar-refractivity contribution < 1.29 is 14.6 Å². The van der Waals surface area contributed by atoms with Crippen molar-refractivity contribution in [1.29, 1.82) is 0 Å². The van der Waals surface area contributed by atoms with Gasteiger partial charge in [0, 0.05) is 15.4 Å². The minimum atomic E-state index is -0.961. The fourth-order valence-electron chi connectivity index (χ4n) is 2.66. The fourth-order valence-corrected chi connectivity index (χ4v) is 3.02. The number of hydrogen-bond acceptors (Lipinski definition) is 3. The third kappa shape index (κ3) is 2.80. The maximum absolute atomic E-state index is 11.8. The number of nitrogens with zero attached hydrogens (tertiary/aromatic N) is 1. The molecule has 0 aliphatic heterocycles. The second kappa shape index (κ2) is 6.01. The highest BCUT2D eigenvalue weighted by Crippen LogP contribution is 2.32. The Labute approximate surface area is 141 Å². The molecule has 4 nitrogen and oxygen atoms in total. The van der Waals surface area contributed by atoms with Crippen molar-refractivity contribution in [2.45, 2.75) is 6.92 Å². The number of carboxylic acid groups (broad SMARTS) is 1. The Bertz CT molecular complexity index is 922. The maximum atomic E-state index is 11.8. The second-order valence-corrected chi connectivity index (χ2v) is 6.07. The molecule has 0 amide bonds. The van der Waals surface area contributed by atoms with Crippen LogP contribution in [0.25, 0.3) is 22.2 Å². The molecule has 1 aromatic heterocycles. The summed E-state index contributed by atoms with van der Waals surface area (Å²) in [6, 6.07) is 12.9. The van der Waals surface area contributed by atoms with Gasteiger partial charge in [-0.2, -0.15) is 0 Å². The van der Waals surface area contributed by atoms with E-state index in [9.17, 15) is 9.90 Å². The fraction of sp³-hybridized carbons (Fsp3) is 0.111. The van der Waals surface area contributed by atoms with Crippen LogP contribution >= 0.6 is 15.9 Å². The number of carbonyl (C=O) groups is 1. The average molecular weight is 372 g/mol. The Morgan fingerprint density at radius 3 is 2.70 bits per heavy atom. The summed E-state index contributed by atoms with van der Waals surface area (Å²) in [5, 5.41) is 10.3. The third-order valence-corrected chi connectivity index (χ3v) is 4.24. The number of fused-ring (bicyclic) bond motifs is 1. The molecule has 0 spiro atoms. The number of hydrogen-bond donors (Lipinski definition) is 1. The minimum Gasteiger partial charge on any atom is -0.497 e. The van der Waals surface area contributed by atoms with Gasteiger partial charge >= 0.3 is 5.97 Å². The van der Waals surface area contributed by atoms with Gasteiger partial charge in [0.15, 0.2) is 0 Å². The summed E-state index contributed by atoms with van der Waals surface area (Å²) < 4.78 is 6.07. The number of rotatable bonds is 3. The summed E-state index contributed by atoms with van der Waals surface area (Å²) in [4.78, 5) is 16.5. The zero-order chi connectivity index (χ0) is 16.6. The smallest absolute Gasteiger partial charge is 0.336 e. The lowest BCUT2D eigenvalue weighted by molar-refractivity contribution is 0.0698. The highest BCUT2D eigenvalue weighted by molar-refractivity contribution is 9.10. The van der Waals surface area contributed by atoms with Crippen molar-refractivity contribution >= 4 is 32.8 Å². The van der Waals surface area contributed by atoms with Crippen LogP contribution in [-0.2, 0) is 0 Å². The van der Waals surface area contributed by atoms with E-state index in [1.165, 1.54) is 0 Å². The first-order valence-corrected chi connectivity index (χ1v) is 7.78. The number of ether oxygens (including phenoxy) is 1. The molecular weight excluding hydrogens is 358 g/mol. The van der Waals surface area contributed by atoms with Crippen LogP contribution in [0.2, 0.25) is 0 Å². The molecule has 0 saturated heterocycles. The molecule has 2 aromatic carbocycles. The first-order chi connectivity index (χ1) is 11.0. The summed E-state index contributed by atoms with van der Waals surface area (Å²) in [5.41, 5.74) is 3.03. The van der Waals surface area contributed by atoms with Crippen molar-refractivity contribution in [2.75, 3.05) is 7.11 Å². The Morgan fingerprint density at radius 2 is 2.00 bits per heavy atom. The van der Waals surface area contributed by atoms with Crippen LogP contribution in [0.15, 0.2) is 46.9 Å². The van der Waals surface area contributed by atoms with Crippen molar-refractivity contribution in [2.24, 2.45) is 0 Å². The van der Waals surface area contributed by atoms with Crippen molar-refractivity contribution in [3.8, 4) is 17.0 Å². The Balaban J connectivity index is 2.36. The third-order valence-electron chi connectivity index (χ3n) is 3.75. The Hall–Kier alpha value is -2.40. The predicted molar refractivity (Wildman–Crippen MR) is 93.1 cm³/mol. The molecule has 0 unspecified atom stereocenters. The van der Waals surface area contributed by atoms with Gasteiger partial charge in [0.2, 0.25) is 0 Å². The monoisotopic (exact) mass is 371 g/mol. The minimum absolute atomic E-state index is 0.272. The molecule has 23 heavy (non-hydrogen) atoms. The first kappa shape index (κ1) is 15.5. The van der Waals surface area contributed by atoms with E-state index in [0.29, 0.717) is 27.9 Å². The van der Waals surface area contributed by atoms with E-state index in [2.05, 4.69) is 20.9 Å². The van der Waals surface area contributed by atoms with Gasteiger partial charge in [-0.3, -0.25) is 0 Å². The summed E-state index contributed by atoms with van der Waals surface area (Å²) in [7, 11) is 1.60. The molecule has 0 fully saturated rings. The maximum Gasteiger partial charge on any atom is 0.336 e. The molecule has 0 aliphatic carbocycles. The quantitative estimate of drug-likeness (QED) is 0.725. The second-order valence-electron chi connectivity index (χ2n) is 5.16. The highest BCUT2D eigenvalue weighted by atomic mass is 79.9. The summed E-state index contributed by atoms with van der Waals surface area (Å²) >= 11 is 3.39. The van der Waals surface area contributed by atoms with Crippen LogP contribution < -0.4 is 4.74 Å². The van der Waals surface area contributed by atoms with Crippen LogP contribution in [0.4, 0.5) is 0 Å². The number of aromatic carboxylic acids is 1. The summed E-state index contributed by atoms with van der Waals surface area (Å²) in [6.07, 6.45) is 0. The van der Waals surface area contributed by atoms with Crippen LogP contribution in [-0.4, -0.2) is 23.2 Å². The van der Waals surface area contributed by atoms with E-state index < -0.39 is 5.97 Å². The molecule has 0 saturated carbocycles. The van der Waals surface area contributed by atoms with Crippen LogP contribution in [0.5, 0.6) is 5.75 Å². The van der Waals surface area contributed by atoms with Crippen LogP contribution in [0, 0.1) is 6.92 Å². The molecule has 0 bridgehead atoms. The molecule has 116 valence electrons. The van der Waals surface area contributed by atoms with Gasteiger partial charge < -0.3 is 9.84 Å². The average Bonchev–Trinajstić information content (AvgIpc) is 2.54. The standard InChI is InChI=1S/C18H14BrNO3/c1-10-16(18(21)22)14-9-12(19)6-7-15(14)20-17(10)11-4-3-5-13(8-11)23-2/h3-9H,1-2H3,(H,21,22). The van der Waals surface area contributed by atoms with Gasteiger partial charge in [0.05, 0.1) is 23.9 Å². The SMILES string of the molecule is COc1cccc(-c2nc3ccc(Br)cc3c(C(=O)O)c2C)c1. The zero-order valence-electron chi connectivity index (χ0n) is 12.6. The molecule has 5 heteroatoms. The van der Waals surface area contributed by atoms with E-state index in [-0.39, 0.29) is 5.56 Å². The van der Waals surface area contributed by atoms with Gasteiger partial charge in [-0.25, -0.2) is 9.78 Å². The van der Waals surface area contributed by atoms with Gasteiger partial charge in [-0.1, -0.05) is 28.1 Å². The molecule has 1 N–H and O–H groups in total. The number of benzene rings is 2. The van der Waals surface area contributed by atoms with Crippen LogP contribution in [0.1, 0.15) is 15.9 Å². The molecule has 0 aliphatic rings. The summed E-state index contributed by atoms with van der Waals surface area (Å²) in [5.74, 6) is -0.256. The topological polar surface area (TPSA) is 59.4 Å². The van der Waals surface area contributed by atoms with Crippen molar-refractivity contribution in [3.63, 3.8) is 0 Å². The predicted octanol–water partition coefficient (Wildman–Crippen LogP) is 4.68. The highest BCUT2D eigenvalue weighted by Gasteiger charge is 2.18. The molecule has 3 rings (SSSR count). The molecule has 3 aromatic rings. The number of aromatic nitrogens is 1. The Kier molecular flexibility index (Phi) is 4.05. The first-order valence-electron chi connectivity index (χ1n) is 6.99. The van der Waals surface area contributed by atoms with Gasteiger partial charge in [-0.15, -0.1) is 0 Å². The number of halogens is 1. The summed E-state index contributed by atoms with van der Waals surface area (Å²) in [6.45, 7) is 1.78. The molecule has 1 heterocycles. The van der Waals surface area contributed by atoms with E-state index in [1.54, 1.807) is 20.1 Å². The van der Waals surface area contributed by atoms with Gasteiger partial charge in [0.25, 0.3) is 0 Å². The normalized spacial score (nSPS) is 10.7. The van der Waals surface area contributed by atoms with Crippen molar-refractivity contribution in [1.82, 2.24) is 4.98 Å². The molecule has 0 radical (unpaired) electrons. The van der Waals surface area contributed by atoms with E-state index in [4.69, 9.17) is 4.74 Å². The number of carboxylic acids is 1. The molecule has 0 atom stereocenters. The van der Waals surface area contributed by atoms with Gasteiger partial charge in [-0.05, 0) is 42.8 Å². The van der Waals surface area contributed by atoms with Gasteiger partial charge in [0.1, 0.15) is 5.75 Å². The van der Waals surface area contributed by atoms with E-state index >= 15 is 0 Å². The number of methoxy groups -OCH3 is 1. The lowest BCUT2D eigenvalue weighted by Gasteiger charge is -2.13. The Morgan fingerprint density at radius 1 is 1.22 bits per heavy atom.